The molecule has 3 rings (SSSR count). The number of anilines is 2. The van der Waals surface area contributed by atoms with Crippen LogP contribution in [0.1, 0.15) is 31.8 Å². The number of rotatable bonds is 5. The normalized spacial score (nSPS) is 9.81. The molecule has 0 aliphatic heterocycles. The van der Waals surface area contributed by atoms with Crippen molar-refractivity contribution in [3.05, 3.63) is 82.0 Å². The maximum atomic E-state index is 12.9. The quantitative estimate of drug-likeness (QED) is 0.593. The first kappa shape index (κ1) is 21.4. The predicted octanol–water partition coefficient (Wildman–Crippen LogP) is 4.10. The molecule has 0 aliphatic carbocycles. The summed E-state index contributed by atoms with van der Waals surface area (Å²) in [5.74, 6) is 1.87. The van der Waals surface area contributed by atoms with E-state index in [0.717, 1.165) is 0 Å². The number of nitriles is 1. The fourth-order valence-electron chi connectivity index (χ4n) is 2.67. The second-order valence-electron chi connectivity index (χ2n) is 6.20. The fourth-order valence-corrected chi connectivity index (χ4v) is 2.88. The van der Waals surface area contributed by atoms with Crippen LogP contribution < -0.4 is 15.4 Å². The molecule has 1 aromatic heterocycles. The van der Waals surface area contributed by atoms with E-state index < -0.39 is 11.8 Å². The Kier molecular flexibility index (Phi) is 6.51. The molecular formula is C23H15ClN4O3. The van der Waals surface area contributed by atoms with Crippen molar-refractivity contribution in [1.29, 1.82) is 5.26 Å². The molecule has 8 heteroatoms. The zero-order valence-electron chi connectivity index (χ0n) is 16.3. The van der Waals surface area contributed by atoms with Crippen molar-refractivity contribution in [1.82, 2.24) is 4.98 Å². The molecule has 7 nitrogen and oxygen atoms in total. The number of carbonyl (C=O) groups is 2. The number of methoxy groups -OCH3 is 1. The Balaban J connectivity index is 1.93. The number of nitrogens with one attached hydrogen (secondary N) is 2. The van der Waals surface area contributed by atoms with Crippen molar-refractivity contribution in [2.24, 2.45) is 0 Å². The molecule has 0 unspecified atom stereocenters. The van der Waals surface area contributed by atoms with E-state index in [-0.39, 0.29) is 27.8 Å². The van der Waals surface area contributed by atoms with Crippen LogP contribution >= 0.6 is 11.6 Å². The highest BCUT2D eigenvalue weighted by Gasteiger charge is 2.20. The summed E-state index contributed by atoms with van der Waals surface area (Å²) in [5.41, 5.74) is 1.50. The zero-order chi connectivity index (χ0) is 22.4. The van der Waals surface area contributed by atoms with Gasteiger partial charge in [0, 0.05) is 28.4 Å². The lowest BCUT2D eigenvalue weighted by molar-refractivity contribution is 0.102. The van der Waals surface area contributed by atoms with E-state index in [1.807, 2.05) is 6.07 Å². The number of carbonyl (C=O) groups excluding carboxylic acids is 2. The largest absolute Gasteiger partial charge is 0.494 e. The number of hydrogen-bond acceptors (Lipinski definition) is 5. The summed E-state index contributed by atoms with van der Waals surface area (Å²) in [4.78, 5) is 29.7. The first-order chi connectivity index (χ1) is 14.9. The lowest BCUT2D eigenvalue weighted by Crippen LogP contribution is -2.19. The summed E-state index contributed by atoms with van der Waals surface area (Å²) < 4.78 is 5.31. The minimum Gasteiger partial charge on any atom is -0.494 e. The summed E-state index contributed by atoms with van der Waals surface area (Å²) >= 11 is 6.13. The van der Waals surface area contributed by atoms with Gasteiger partial charge in [0.25, 0.3) is 11.8 Å². The van der Waals surface area contributed by atoms with Crippen LogP contribution in [0.25, 0.3) is 0 Å². The standard InChI is InChI=1S/C23H15ClN4O3/c1-3-14-6-9-20(26-13-14)27-23(30)18-10-17(24)11-19(31-2)21(18)28-22(29)16-7-4-15(12-25)5-8-16/h1,4-11,13H,2H3,(H,28,29)(H,26,27,30). The summed E-state index contributed by atoms with van der Waals surface area (Å²) in [7, 11) is 1.39. The van der Waals surface area contributed by atoms with Crippen molar-refractivity contribution < 1.29 is 14.3 Å². The minimum atomic E-state index is -0.558. The Labute approximate surface area is 183 Å². The second-order valence-corrected chi connectivity index (χ2v) is 6.64. The van der Waals surface area contributed by atoms with Crippen LogP contribution in [0, 0.1) is 23.7 Å². The van der Waals surface area contributed by atoms with Crippen LogP contribution in [0.2, 0.25) is 5.02 Å². The molecule has 2 amide bonds. The molecule has 2 aromatic carbocycles. The highest BCUT2D eigenvalue weighted by molar-refractivity contribution is 6.31. The third-order valence-electron chi connectivity index (χ3n) is 4.22. The average Bonchev–Trinajstić information content (AvgIpc) is 2.80. The van der Waals surface area contributed by atoms with Crippen LogP contribution in [0.3, 0.4) is 0 Å². The van der Waals surface area contributed by atoms with Gasteiger partial charge >= 0.3 is 0 Å². The molecule has 0 spiro atoms. The number of ether oxygens (including phenoxy) is 1. The van der Waals surface area contributed by atoms with Gasteiger partial charge in [-0.25, -0.2) is 4.98 Å². The molecule has 0 radical (unpaired) electrons. The maximum Gasteiger partial charge on any atom is 0.259 e. The molecule has 3 aromatic rings. The number of benzene rings is 2. The topological polar surface area (TPSA) is 104 Å². The smallest absolute Gasteiger partial charge is 0.259 e. The van der Waals surface area contributed by atoms with Gasteiger partial charge < -0.3 is 15.4 Å². The number of hydrogen-bond donors (Lipinski definition) is 2. The van der Waals surface area contributed by atoms with Gasteiger partial charge in [0.1, 0.15) is 11.6 Å². The van der Waals surface area contributed by atoms with Gasteiger partial charge in [-0.05, 0) is 42.5 Å². The Morgan fingerprint density at radius 1 is 1.06 bits per heavy atom. The van der Waals surface area contributed by atoms with E-state index in [1.165, 1.54) is 49.7 Å². The maximum absolute atomic E-state index is 12.9. The number of amides is 2. The molecule has 0 fully saturated rings. The van der Waals surface area contributed by atoms with Crippen molar-refractivity contribution in [3.63, 3.8) is 0 Å². The number of halogens is 1. The predicted molar refractivity (Wildman–Crippen MR) is 117 cm³/mol. The Bertz CT molecular complexity index is 1220. The lowest BCUT2D eigenvalue weighted by atomic mass is 10.1. The molecule has 2 N–H and O–H groups in total. The average molecular weight is 431 g/mol. The number of terminal acetylenes is 1. The first-order valence-corrected chi connectivity index (χ1v) is 9.26. The summed E-state index contributed by atoms with van der Waals surface area (Å²) in [6, 6.07) is 14.1. The number of nitrogens with zero attached hydrogens (tertiary/aromatic N) is 2. The van der Waals surface area contributed by atoms with Crippen LogP contribution in [-0.2, 0) is 0 Å². The molecule has 0 saturated carbocycles. The molecule has 152 valence electrons. The molecule has 0 saturated heterocycles. The van der Waals surface area contributed by atoms with Gasteiger partial charge in [0.05, 0.1) is 30.0 Å². The van der Waals surface area contributed by atoms with Crippen molar-refractivity contribution in [2.75, 3.05) is 17.7 Å². The van der Waals surface area contributed by atoms with Crippen LogP contribution in [0.4, 0.5) is 11.5 Å². The zero-order valence-corrected chi connectivity index (χ0v) is 17.0. The molecule has 31 heavy (non-hydrogen) atoms. The monoisotopic (exact) mass is 430 g/mol. The summed E-state index contributed by atoms with van der Waals surface area (Å²) in [5, 5.41) is 14.5. The molecule has 0 atom stereocenters. The van der Waals surface area contributed by atoms with Crippen molar-refractivity contribution in [3.8, 4) is 24.2 Å². The van der Waals surface area contributed by atoms with E-state index in [0.29, 0.717) is 16.7 Å². The van der Waals surface area contributed by atoms with Crippen molar-refractivity contribution >= 4 is 34.9 Å². The first-order valence-electron chi connectivity index (χ1n) is 8.88. The summed E-state index contributed by atoms with van der Waals surface area (Å²) in [6.07, 6.45) is 6.76. The number of aromatic nitrogens is 1. The van der Waals surface area contributed by atoms with E-state index in [2.05, 4.69) is 21.5 Å². The third kappa shape index (κ3) is 4.99. The van der Waals surface area contributed by atoms with Crippen molar-refractivity contribution in [2.45, 2.75) is 0 Å². The van der Waals surface area contributed by atoms with E-state index in [1.54, 1.807) is 12.1 Å². The van der Waals surface area contributed by atoms with Gasteiger partial charge in [-0.1, -0.05) is 17.5 Å². The van der Waals surface area contributed by atoms with E-state index in [4.69, 9.17) is 28.0 Å². The minimum absolute atomic E-state index is 0.0779. The van der Waals surface area contributed by atoms with Gasteiger partial charge in [-0.2, -0.15) is 5.26 Å². The molecule has 1 heterocycles. The van der Waals surface area contributed by atoms with Crippen LogP contribution in [-0.4, -0.2) is 23.9 Å². The van der Waals surface area contributed by atoms with E-state index in [9.17, 15) is 9.59 Å². The Morgan fingerprint density at radius 3 is 2.35 bits per heavy atom. The van der Waals surface area contributed by atoms with Gasteiger partial charge in [0.2, 0.25) is 0 Å². The fraction of sp³-hybridized carbons (Fsp3) is 0.0435. The molecule has 0 aliphatic rings. The SMILES string of the molecule is C#Cc1ccc(NC(=O)c2cc(Cl)cc(OC)c2NC(=O)c2ccc(C#N)cc2)nc1. The summed E-state index contributed by atoms with van der Waals surface area (Å²) in [6.45, 7) is 0. The second kappa shape index (κ2) is 9.45. The molecular weight excluding hydrogens is 416 g/mol. The highest BCUT2D eigenvalue weighted by atomic mass is 35.5. The highest BCUT2D eigenvalue weighted by Crippen LogP contribution is 2.33. The Morgan fingerprint density at radius 2 is 1.77 bits per heavy atom. The molecule has 0 bridgehead atoms. The van der Waals surface area contributed by atoms with E-state index >= 15 is 0 Å². The lowest BCUT2D eigenvalue weighted by Gasteiger charge is -2.16. The van der Waals surface area contributed by atoms with Gasteiger partial charge in [-0.3, -0.25) is 9.59 Å². The van der Waals surface area contributed by atoms with Crippen LogP contribution in [0.15, 0.2) is 54.7 Å². The van der Waals surface area contributed by atoms with Crippen LogP contribution in [0.5, 0.6) is 5.75 Å². The van der Waals surface area contributed by atoms with Gasteiger partial charge in [-0.15, -0.1) is 6.42 Å². The number of pyridine rings is 1. The third-order valence-corrected chi connectivity index (χ3v) is 4.44. The van der Waals surface area contributed by atoms with Gasteiger partial charge in [0.15, 0.2) is 0 Å². The Hall–Kier alpha value is -4.33.